The quantitative estimate of drug-likeness (QED) is 0.298. The highest BCUT2D eigenvalue weighted by atomic mass is 16.7. The first-order valence-electron chi connectivity index (χ1n) is 4.60. The minimum absolute atomic E-state index is 0.724. The van der Waals surface area contributed by atoms with Gasteiger partial charge < -0.3 is 35.4 Å². The first-order valence-corrected chi connectivity index (χ1v) is 4.60. The number of hydrogen-bond acceptors (Lipinski definition) is 7. The Balaban J connectivity index is 2.89. The van der Waals surface area contributed by atoms with Crippen molar-refractivity contribution in [2.75, 3.05) is 6.61 Å². The van der Waals surface area contributed by atoms with Gasteiger partial charge in [0, 0.05) is 6.42 Å². The minimum atomic E-state index is -2.68. The second-order valence-corrected chi connectivity index (χ2v) is 3.68. The van der Waals surface area contributed by atoms with E-state index in [0.29, 0.717) is 0 Å². The van der Waals surface area contributed by atoms with Crippen molar-refractivity contribution in [3.63, 3.8) is 0 Å². The van der Waals surface area contributed by atoms with Crippen LogP contribution in [-0.2, 0) is 9.53 Å². The standard InChI is InChI=1S/C8H14O8/c9-2-4(11)6-5(12)3(10)1-8(15,16-6)7(13)14/h3-6,9-12,15H,1-2H2,(H,13,14)/t3-,4-,5-,6-,8-/m0/s1. The van der Waals surface area contributed by atoms with Gasteiger partial charge in [0.15, 0.2) is 0 Å². The van der Waals surface area contributed by atoms with Gasteiger partial charge in [-0.3, -0.25) is 0 Å². The van der Waals surface area contributed by atoms with Crippen LogP contribution in [0.5, 0.6) is 0 Å². The average Bonchev–Trinajstić information content (AvgIpc) is 2.22. The molecule has 5 atom stereocenters. The normalized spacial score (nSPS) is 41.7. The molecule has 1 aliphatic rings. The number of carboxylic acids is 1. The van der Waals surface area contributed by atoms with E-state index in [0.717, 1.165) is 0 Å². The van der Waals surface area contributed by atoms with Crippen molar-refractivity contribution in [1.82, 2.24) is 0 Å². The van der Waals surface area contributed by atoms with Crippen molar-refractivity contribution in [3.05, 3.63) is 0 Å². The SMILES string of the molecule is O=C(O)[C@]1(O)C[C@H](O)[C@H](O)[C@H]([C@@H](O)CO)O1. The van der Waals surface area contributed by atoms with Crippen LogP contribution in [0.2, 0.25) is 0 Å². The third-order valence-corrected chi connectivity index (χ3v) is 2.45. The predicted molar refractivity (Wildman–Crippen MR) is 47.2 cm³/mol. The number of aliphatic carboxylic acids is 1. The maximum absolute atomic E-state index is 10.7. The van der Waals surface area contributed by atoms with Crippen molar-refractivity contribution in [3.8, 4) is 0 Å². The molecule has 0 saturated carbocycles. The summed E-state index contributed by atoms with van der Waals surface area (Å²) in [7, 11) is 0. The molecule has 0 aliphatic carbocycles. The third kappa shape index (κ3) is 2.32. The Morgan fingerprint density at radius 1 is 1.50 bits per heavy atom. The summed E-state index contributed by atoms with van der Waals surface area (Å²) >= 11 is 0. The summed E-state index contributed by atoms with van der Waals surface area (Å²) in [6, 6.07) is 0. The van der Waals surface area contributed by atoms with E-state index >= 15 is 0 Å². The zero-order chi connectivity index (χ0) is 12.5. The summed E-state index contributed by atoms with van der Waals surface area (Å²) in [6.07, 6.45) is -7.05. The smallest absolute Gasteiger partial charge is 0.364 e. The molecule has 0 bridgehead atoms. The molecule has 1 rings (SSSR count). The van der Waals surface area contributed by atoms with E-state index in [-0.39, 0.29) is 0 Å². The van der Waals surface area contributed by atoms with Crippen LogP contribution in [0, 0.1) is 0 Å². The molecule has 1 saturated heterocycles. The molecule has 16 heavy (non-hydrogen) atoms. The van der Waals surface area contributed by atoms with Crippen LogP contribution in [0.1, 0.15) is 6.42 Å². The summed E-state index contributed by atoms with van der Waals surface area (Å²) < 4.78 is 4.61. The largest absolute Gasteiger partial charge is 0.477 e. The van der Waals surface area contributed by atoms with E-state index < -0.39 is 49.2 Å². The first kappa shape index (κ1) is 13.3. The van der Waals surface area contributed by atoms with Gasteiger partial charge in [0.2, 0.25) is 0 Å². The maximum Gasteiger partial charge on any atom is 0.364 e. The molecule has 1 aliphatic heterocycles. The molecule has 0 spiro atoms. The van der Waals surface area contributed by atoms with Gasteiger partial charge in [0.05, 0.1) is 12.7 Å². The van der Waals surface area contributed by atoms with Crippen molar-refractivity contribution in [1.29, 1.82) is 0 Å². The fourth-order valence-electron chi connectivity index (χ4n) is 1.51. The number of carboxylic acid groups (broad SMARTS) is 1. The predicted octanol–water partition coefficient (Wildman–Crippen LogP) is -3.38. The summed E-state index contributed by atoms with van der Waals surface area (Å²) in [5.74, 6) is -4.42. The molecular formula is C8H14O8. The number of ether oxygens (including phenoxy) is 1. The van der Waals surface area contributed by atoms with Crippen LogP contribution in [0.3, 0.4) is 0 Å². The molecule has 94 valence electrons. The number of rotatable bonds is 3. The summed E-state index contributed by atoms with van der Waals surface area (Å²) in [5, 5.41) is 54.7. The van der Waals surface area contributed by atoms with E-state index in [1.165, 1.54) is 0 Å². The Bertz CT molecular complexity index is 269. The first-order chi connectivity index (χ1) is 7.31. The number of aliphatic hydroxyl groups is 5. The van der Waals surface area contributed by atoms with Gasteiger partial charge in [-0.15, -0.1) is 0 Å². The van der Waals surface area contributed by atoms with E-state index in [1.54, 1.807) is 0 Å². The van der Waals surface area contributed by atoms with Crippen LogP contribution >= 0.6 is 0 Å². The zero-order valence-corrected chi connectivity index (χ0v) is 8.22. The van der Waals surface area contributed by atoms with Gasteiger partial charge in [-0.05, 0) is 0 Å². The van der Waals surface area contributed by atoms with Crippen LogP contribution in [0.4, 0.5) is 0 Å². The van der Waals surface area contributed by atoms with Crippen molar-refractivity contribution in [2.45, 2.75) is 36.6 Å². The van der Waals surface area contributed by atoms with E-state index in [2.05, 4.69) is 4.74 Å². The molecule has 0 aromatic heterocycles. The molecule has 0 aromatic carbocycles. The Hall–Kier alpha value is -0.770. The molecule has 8 heteroatoms. The Morgan fingerprint density at radius 3 is 2.50 bits per heavy atom. The number of hydrogen-bond donors (Lipinski definition) is 6. The summed E-state index contributed by atoms with van der Waals surface area (Å²) in [5.41, 5.74) is 0. The summed E-state index contributed by atoms with van der Waals surface area (Å²) in [4.78, 5) is 10.7. The fraction of sp³-hybridized carbons (Fsp3) is 0.875. The Labute approximate surface area is 90.3 Å². The molecule has 0 amide bonds. The highest BCUT2D eigenvalue weighted by Gasteiger charge is 2.52. The zero-order valence-electron chi connectivity index (χ0n) is 8.22. The molecule has 1 heterocycles. The van der Waals surface area contributed by atoms with Crippen molar-refractivity contribution in [2.24, 2.45) is 0 Å². The lowest BCUT2D eigenvalue weighted by molar-refractivity contribution is -0.308. The van der Waals surface area contributed by atoms with Crippen LogP contribution < -0.4 is 0 Å². The molecule has 1 fully saturated rings. The maximum atomic E-state index is 10.7. The second-order valence-electron chi connectivity index (χ2n) is 3.68. The van der Waals surface area contributed by atoms with Gasteiger partial charge in [0.25, 0.3) is 5.79 Å². The lowest BCUT2D eigenvalue weighted by Gasteiger charge is -2.41. The number of carbonyl (C=O) groups is 1. The molecule has 0 unspecified atom stereocenters. The van der Waals surface area contributed by atoms with E-state index in [4.69, 9.17) is 10.2 Å². The third-order valence-electron chi connectivity index (χ3n) is 2.45. The van der Waals surface area contributed by atoms with Crippen LogP contribution in [0.15, 0.2) is 0 Å². The van der Waals surface area contributed by atoms with Crippen molar-refractivity contribution < 1.29 is 40.2 Å². The molecule has 8 nitrogen and oxygen atoms in total. The highest BCUT2D eigenvalue weighted by Crippen LogP contribution is 2.29. The Morgan fingerprint density at radius 2 is 2.06 bits per heavy atom. The highest BCUT2D eigenvalue weighted by molar-refractivity contribution is 5.75. The molecule has 0 radical (unpaired) electrons. The van der Waals surface area contributed by atoms with E-state index in [9.17, 15) is 25.2 Å². The monoisotopic (exact) mass is 238 g/mol. The van der Waals surface area contributed by atoms with E-state index in [1.807, 2.05) is 0 Å². The molecular weight excluding hydrogens is 224 g/mol. The second kappa shape index (κ2) is 4.62. The number of aliphatic hydroxyl groups excluding tert-OH is 4. The van der Waals surface area contributed by atoms with Gasteiger partial charge in [-0.25, -0.2) is 4.79 Å². The lowest BCUT2D eigenvalue weighted by Crippen LogP contribution is -2.61. The minimum Gasteiger partial charge on any atom is -0.477 e. The van der Waals surface area contributed by atoms with Gasteiger partial charge in [-0.1, -0.05) is 0 Å². The lowest BCUT2D eigenvalue weighted by atomic mass is 9.93. The molecule has 6 N–H and O–H groups in total. The molecule has 0 aromatic rings. The van der Waals surface area contributed by atoms with Gasteiger partial charge in [-0.2, -0.15) is 0 Å². The van der Waals surface area contributed by atoms with Crippen LogP contribution in [-0.4, -0.2) is 73.4 Å². The van der Waals surface area contributed by atoms with Crippen molar-refractivity contribution >= 4 is 5.97 Å². The topological polar surface area (TPSA) is 148 Å². The average molecular weight is 238 g/mol. The van der Waals surface area contributed by atoms with Gasteiger partial charge in [0.1, 0.15) is 18.3 Å². The summed E-state index contributed by atoms with van der Waals surface area (Å²) in [6.45, 7) is -0.801. The fourth-order valence-corrected chi connectivity index (χ4v) is 1.51. The van der Waals surface area contributed by atoms with Gasteiger partial charge >= 0.3 is 5.97 Å². The Kier molecular flexibility index (Phi) is 3.84. The van der Waals surface area contributed by atoms with Crippen LogP contribution in [0.25, 0.3) is 0 Å².